The minimum absolute atomic E-state index is 0.0547. The Balaban J connectivity index is 0.000000217. The van der Waals surface area contributed by atoms with Crippen LogP contribution in [-0.2, 0) is 29.2 Å². The van der Waals surface area contributed by atoms with Gasteiger partial charge >= 0.3 is 0 Å². The highest BCUT2D eigenvalue weighted by molar-refractivity contribution is 9.10. The molecule has 1 N–H and O–H groups in total. The molecule has 0 spiro atoms. The molecule has 66 heavy (non-hydrogen) atoms. The van der Waals surface area contributed by atoms with Gasteiger partial charge in [0, 0.05) is 104 Å². The normalized spacial score (nSPS) is 18.9. The fraction of sp³-hybridized carbons (Fsp3) is 0.388. The van der Waals surface area contributed by atoms with Crippen LogP contribution in [0.25, 0.3) is 0 Å². The molecule has 3 amide bonds. The maximum Gasteiger partial charge on any atom is 0.257 e. The molecule has 1 atom stereocenters. The van der Waals surface area contributed by atoms with Crippen molar-refractivity contribution in [2.45, 2.75) is 39.9 Å². The highest BCUT2D eigenvalue weighted by atomic mass is 79.9. The first-order valence-electron chi connectivity index (χ1n) is 21.7. The number of methoxy groups -OCH3 is 1. The molecule has 0 radical (unpaired) electrons. The quantitative estimate of drug-likeness (QED) is 0.0761. The van der Waals surface area contributed by atoms with Crippen LogP contribution in [-0.4, -0.2) is 128 Å². The van der Waals surface area contributed by atoms with Gasteiger partial charge in [-0.05, 0) is 67.2 Å². The number of hydrogen-bond donors (Lipinski definition) is 1. The number of halogens is 6. The van der Waals surface area contributed by atoms with Crippen molar-refractivity contribution in [1.82, 2.24) is 29.8 Å². The third-order valence-electron chi connectivity index (χ3n) is 12.1. The Morgan fingerprint density at radius 2 is 1.27 bits per heavy atom. The van der Waals surface area contributed by atoms with E-state index in [4.69, 9.17) is 4.74 Å². The van der Waals surface area contributed by atoms with Crippen molar-refractivity contribution in [3.05, 3.63) is 132 Å². The van der Waals surface area contributed by atoms with E-state index >= 15 is 0 Å². The molecule has 3 fully saturated rings. The van der Waals surface area contributed by atoms with Crippen LogP contribution in [0.1, 0.15) is 63.2 Å². The zero-order valence-corrected chi connectivity index (χ0v) is 40.3. The summed E-state index contributed by atoms with van der Waals surface area (Å²) in [5, 5.41) is 2.26. The van der Waals surface area contributed by atoms with E-state index in [1.54, 1.807) is 24.3 Å². The van der Waals surface area contributed by atoms with Crippen molar-refractivity contribution < 1.29 is 41.5 Å². The summed E-state index contributed by atoms with van der Waals surface area (Å²) in [5.41, 5.74) is 0.596. The molecule has 0 aromatic heterocycles. The molecule has 8 rings (SSSR count). The lowest BCUT2D eigenvalue weighted by molar-refractivity contribution is -0.127. The number of piperazine rings is 2. The molecular formula is C49H52Br2F4N6O5. The van der Waals surface area contributed by atoms with Crippen molar-refractivity contribution in [3.8, 4) is 17.6 Å². The van der Waals surface area contributed by atoms with Crippen molar-refractivity contribution in [2.24, 2.45) is 5.41 Å². The molecule has 0 unspecified atom stereocenters. The standard InChI is InChI=1S/C29H30F2N4O4.C13H18BrFN2.C7H4BrFO/c1-3-33-10-12-34(13-11-33)16-20-5-4-19(14-22(20)30)8-9-29(15-24(36)32-28(29)38)18-35-17-21-6-7-23(39-2)26(31)25(21)27(35)37;1-2-16-5-7-17(8-6-16)10-11-3-4-12(14)9-13(11)15;8-6-2-1-5(4-10)7(9)3-6/h4-7,14H,3,10-13,15-18H2,1-2H3,(H,32,36,38);3-4,9H,2,5-8,10H2,1H3;1-4H/t29-;;/m1../s1. The highest BCUT2D eigenvalue weighted by Crippen LogP contribution is 2.35. The number of ether oxygens (including phenoxy) is 1. The molecule has 11 nitrogen and oxygen atoms in total. The molecule has 4 aliphatic rings. The zero-order valence-electron chi connectivity index (χ0n) is 37.1. The van der Waals surface area contributed by atoms with E-state index in [2.05, 4.69) is 82.5 Å². The molecule has 0 saturated carbocycles. The molecule has 4 heterocycles. The van der Waals surface area contributed by atoms with Crippen molar-refractivity contribution in [1.29, 1.82) is 0 Å². The van der Waals surface area contributed by atoms with E-state index in [-0.39, 0.29) is 42.2 Å². The van der Waals surface area contributed by atoms with Crippen LogP contribution in [0.15, 0.2) is 75.7 Å². The molecular weight excluding hydrogens is 988 g/mol. The van der Waals surface area contributed by atoms with Crippen molar-refractivity contribution in [3.63, 3.8) is 0 Å². The van der Waals surface area contributed by atoms with E-state index in [0.29, 0.717) is 34.0 Å². The summed E-state index contributed by atoms with van der Waals surface area (Å²) in [6.45, 7) is 15.4. The number of nitrogens with one attached hydrogen (secondary N) is 1. The van der Waals surface area contributed by atoms with Gasteiger partial charge in [0.15, 0.2) is 17.9 Å². The van der Waals surface area contributed by atoms with Gasteiger partial charge in [0.05, 0.1) is 24.7 Å². The number of amides is 3. The topological polar surface area (TPSA) is 106 Å². The summed E-state index contributed by atoms with van der Waals surface area (Å²) < 4.78 is 62.5. The Morgan fingerprint density at radius 1 is 0.727 bits per heavy atom. The van der Waals surface area contributed by atoms with Crippen LogP contribution < -0.4 is 10.1 Å². The Kier molecular flexibility index (Phi) is 17.7. The van der Waals surface area contributed by atoms with Crippen LogP contribution in [0.3, 0.4) is 0 Å². The number of nitrogens with zero attached hydrogens (tertiary/aromatic N) is 5. The Bertz CT molecular complexity index is 2490. The monoisotopic (exact) mass is 1040 g/mol. The number of benzene rings is 4. The van der Waals surface area contributed by atoms with Crippen LogP contribution in [0, 0.1) is 40.5 Å². The third kappa shape index (κ3) is 12.7. The average Bonchev–Trinajstić information content (AvgIpc) is 3.78. The molecule has 4 aromatic carbocycles. The minimum Gasteiger partial charge on any atom is -0.494 e. The number of likely N-dealkylation sites (N-methyl/N-ethyl adjacent to an activating group) is 2. The lowest BCUT2D eigenvalue weighted by Gasteiger charge is -2.34. The second-order valence-electron chi connectivity index (χ2n) is 16.4. The zero-order chi connectivity index (χ0) is 47.5. The fourth-order valence-corrected chi connectivity index (χ4v) is 8.79. The van der Waals surface area contributed by atoms with E-state index in [1.807, 2.05) is 12.1 Å². The number of carbonyl (C=O) groups excluding carboxylic acids is 4. The molecule has 4 aliphatic heterocycles. The summed E-state index contributed by atoms with van der Waals surface area (Å²) in [6.07, 6.45) is 0.233. The summed E-state index contributed by atoms with van der Waals surface area (Å²) in [7, 11) is 1.31. The number of fused-ring (bicyclic) bond motifs is 1. The molecule has 0 aliphatic carbocycles. The number of imide groups is 1. The largest absolute Gasteiger partial charge is 0.494 e. The maximum absolute atomic E-state index is 15.0. The fourth-order valence-electron chi connectivity index (χ4n) is 8.12. The molecule has 17 heteroatoms. The Hall–Kier alpha value is -4.96. The lowest BCUT2D eigenvalue weighted by Crippen LogP contribution is -2.45. The molecule has 350 valence electrons. The Labute approximate surface area is 399 Å². The first-order valence-corrected chi connectivity index (χ1v) is 23.3. The second-order valence-corrected chi connectivity index (χ2v) is 18.2. The summed E-state index contributed by atoms with van der Waals surface area (Å²) in [6, 6.07) is 17.3. The van der Waals surface area contributed by atoms with Gasteiger partial charge in [0.25, 0.3) is 5.91 Å². The van der Waals surface area contributed by atoms with Gasteiger partial charge in [0.2, 0.25) is 11.8 Å². The predicted molar refractivity (Wildman–Crippen MR) is 250 cm³/mol. The maximum atomic E-state index is 15.0. The van der Waals surface area contributed by atoms with Crippen molar-refractivity contribution >= 4 is 55.9 Å². The van der Waals surface area contributed by atoms with Crippen molar-refractivity contribution in [2.75, 3.05) is 79.1 Å². The van der Waals surface area contributed by atoms with E-state index in [0.717, 1.165) is 82.0 Å². The minimum atomic E-state index is -1.54. The van der Waals surface area contributed by atoms with Crippen LogP contribution in [0.2, 0.25) is 0 Å². The Morgan fingerprint density at radius 3 is 1.77 bits per heavy atom. The smallest absolute Gasteiger partial charge is 0.257 e. The SMILES string of the molecule is CCN1CCN(Cc2ccc(Br)cc2F)CC1.CCN1CCN(Cc2ccc(C#C[C@]3(CN4Cc5ccc(OC)c(F)c5C4=O)CC(=O)NC3=O)cc2F)CC1.O=Cc1ccc(Br)cc1F. The van der Waals surface area contributed by atoms with Gasteiger partial charge in [0.1, 0.15) is 22.9 Å². The van der Waals surface area contributed by atoms with E-state index < -0.39 is 40.6 Å². The van der Waals surface area contributed by atoms with Gasteiger partial charge in [-0.15, -0.1) is 0 Å². The predicted octanol–water partition coefficient (Wildman–Crippen LogP) is 7.28. The number of hydrogen-bond acceptors (Lipinski definition) is 9. The first kappa shape index (κ1) is 50.5. The van der Waals surface area contributed by atoms with E-state index in [1.165, 1.54) is 42.3 Å². The number of carbonyl (C=O) groups is 4. The van der Waals surface area contributed by atoms with Crippen LogP contribution >= 0.6 is 31.9 Å². The van der Waals surface area contributed by atoms with Crippen LogP contribution in [0.4, 0.5) is 17.6 Å². The number of aldehydes is 1. The first-order chi connectivity index (χ1) is 31.6. The highest BCUT2D eigenvalue weighted by Gasteiger charge is 2.49. The molecule has 3 saturated heterocycles. The van der Waals surface area contributed by atoms with Gasteiger partial charge < -0.3 is 19.4 Å². The summed E-state index contributed by atoms with van der Waals surface area (Å²) >= 11 is 6.35. The molecule has 4 aromatic rings. The van der Waals surface area contributed by atoms with Gasteiger partial charge in [-0.3, -0.25) is 34.3 Å². The number of rotatable bonds is 10. The summed E-state index contributed by atoms with van der Waals surface area (Å²) in [4.78, 5) is 58.8. The van der Waals surface area contributed by atoms with Gasteiger partial charge in [-0.1, -0.05) is 75.7 Å². The van der Waals surface area contributed by atoms with Crippen LogP contribution in [0.5, 0.6) is 5.75 Å². The second kappa shape index (κ2) is 23.2. The van der Waals surface area contributed by atoms with Gasteiger partial charge in [-0.2, -0.15) is 0 Å². The lowest BCUT2D eigenvalue weighted by atomic mass is 9.85. The van der Waals surface area contributed by atoms with Gasteiger partial charge in [-0.25, -0.2) is 17.6 Å². The molecule has 0 bridgehead atoms. The average molecular weight is 1040 g/mol. The van der Waals surface area contributed by atoms with E-state index in [9.17, 15) is 36.7 Å². The summed E-state index contributed by atoms with van der Waals surface area (Å²) in [5.74, 6) is 2.13. The third-order valence-corrected chi connectivity index (χ3v) is 13.1.